The Hall–Kier alpha value is -0.690. The summed E-state index contributed by atoms with van der Waals surface area (Å²) in [6.45, 7) is 10.7. The number of hydrogen-bond acceptors (Lipinski definition) is 6. The zero-order valence-corrected chi connectivity index (χ0v) is 19.7. The van der Waals surface area contributed by atoms with Crippen molar-refractivity contribution in [2.24, 2.45) is 0 Å². The lowest BCUT2D eigenvalue weighted by Crippen LogP contribution is -2.24. The average Bonchev–Trinajstić information content (AvgIpc) is 2.69. The van der Waals surface area contributed by atoms with E-state index in [1.165, 1.54) is 51.4 Å². The van der Waals surface area contributed by atoms with Gasteiger partial charge in [0.05, 0.1) is 44.7 Å². The third kappa shape index (κ3) is 27.3. The van der Waals surface area contributed by atoms with Crippen molar-refractivity contribution in [1.29, 1.82) is 0 Å². The third-order valence-corrected chi connectivity index (χ3v) is 4.28. The smallest absolute Gasteiger partial charge is 0.305 e. The van der Waals surface area contributed by atoms with E-state index in [1.54, 1.807) is 13.8 Å². The van der Waals surface area contributed by atoms with Gasteiger partial charge in [-0.25, -0.2) is 0 Å². The van der Waals surface area contributed by atoms with Gasteiger partial charge in [-0.15, -0.1) is 0 Å². The molecule has 0 amide bonds. The number of aliphatic hydroxyl groups is 2. The molecule has 0 aliphatic heterocycles. The molecule has 0 aliphatic rings. The van der Waals surface area contributed by atoms with Crippen LogP contribution in [0.15, 0.2) is 0 Å². The maximum atomic E-state index is 11.0. The molecule has 29 heavy (non-hydrogen) atoms. The lowest BCUT2D eigenvalue weighted by molar-refractivity contribution is -0.143. The largest absolute Gasteiger partial charge is 0.466 e. The molecule has 0 aromatic carbocycles. The van der Waals surface area contributed by atoms with Gasteiger partial charge < -0.3 is 24.4 Å². The Morgan fingerprint density at radius 1 is 0.793 bits per heavy atom. The van der Waals surface area contributed by atoms with E-state index >= 15 is 0 Å². The monoisotopic (exact) mass is 420 g/mol. The van der Waals surface area contributed by atoms with Gasteiger partial charge in [0.15, 0.2) is 0 Å². The number of hydrogen-bond donors (Lipinski definition) is 2. The fourth-order valence-corrected chi connectivity index (χ4v) is 2.52. The van der Waals surface area contributed by atoms with Crippen LogP contribution in [0.5, 0.6) is 0 Å². The molecule has 3 atom stereocenters. The minimum Gasteiger partial charge on any atom is -0.466 e. The second-order valence-corrected chi connectivity index (χ2v) is 7.70. The maximum Gasteiger partial charge on any atom is 0.305 e. The first kappa shape index (κ1) is 30.5. The molecule has 0 rings (SSSR count). The van der Waals surface area contributed by atoms with E-state index in [0.717, 1.165) is 6.42 Å². The van der Waals surface area contributed by atoms with Crippen LogP contribution >= 0.6 is 0 Å². The molecule has 0 aliphatic carbocycles. The number of carbonyl (C=O) groups is 1. The van der Waals surface area contributed by atoms with Gasteiger partial charge in [0.2, 0.25) is 0 Å². The highest BCUT2D eigenvalue weighted by Gasteiger charge is 2.07. The first-order valence-electron chi connectivity index (χ1n) is 11.5. The molecule has 176 valence electrons. The van der Waals surface area contributed by atoms with Crippen molar-refractivity contribution in [1.82, 2.24) is 0 Å². The Kier molecular flexibility index (Phi) is 24.8. The van der Waals surface area contributed by atoms with E-state index < -0.39 is 6.10 Å². The van der Waals surface area contributed by atoms with Crippen LogP contribution in [0.2, 0.25) is 0 Å². The average molecular weight is 421 g/mol. The predicted octanol–water partition coefficient (Wildman–Crippen LogP) is 4.64. The molecule has 0 fully saturated rings. The highest BCUT2D eigenvalue weighted by Crippen LogP contribution is 2.10. The second-order valence-electron chi connectivity index (χ2n) is 7.70. The maximum absolute atomic E-state index is 11.0. The number of aliphatic hydroxyl groups excluding tert-OH is 2. The normalized spacial score (nSPS) is 13.9. The standard InChI is InChI=1S/C14H28O2.C9H20O4/c1-3-5-6-7-8-9-10-11-12-13-14(15)16-4-2;1-7(11)5-12-9(3)6-13-8(2)4-10/h3-13H2,1-2H3;7-11H,4-6H2,1-3H3. The van der Waals surface area contributed by atoms with Crippen LogP contribution in [0.3, 0.4) is 0 Å². The molecule has 0 aromatic rings. The van der Waals surface area contributed by atoms with E-state index in [-0.39, 0.29) is 24.8 Å². The molecular weight excluding hydrogens is 372 g/mol. The van der Waals surface area contributed by atoms with Gasteiger partial charge in [-0.2, -0.15) is 0 Å². The zero-order valence-electron chi connectivity index (χ0n) is 19.7. The van der Waals surface area contributed by atoms with Crippen molar-refractivity contribution in [3.63, 3.8) is 0 Å². The van der Waals surface area contributed by atoms with Gasteiger partial charge in [0, 0.05) is 6.42 Å². The number of carbonyl (C=O) groups excluding carboxylic acids is 1. The lowest BCUT2D eigenvalue weighted by Gasteiger charge is -2.16. The van der Waals surface area contributed by atoms with Crippen LogP contribution in [-0.2, 0) is 19.0 Å². The van der Waals surface area contributed by atoms with Crippen molar-refractivity contribution in [3.8, 4) is 0 Å². The summed E-state index contributed by atoms with van der Waals surface area (Å²) in [6.07, 6.45) is 11.5. The summed E-state index contributed by atoms with van der Waals surface area (Å²) in [5.74, 6) is -0.0366. The van der Waals surface area contributed by atoms with Crippen molar-refractivity contribution < 1.29 is 29.2 Å². The molecule has 0 saturated carbocycles. The van der Waals surface area contributed by atoms with Gasteiger partial charge >= 0.3 is 5.97 Å². The van der Waals surface area contributed by atoms with Crippen molar-refractivity contribution in [2.75, 3.05) is 26.4 Å². The molecule has 6 heteroatoms. The van der Waals surface area contributed by atoms with Gasteiger partial charge in [-0.05, 0) is 34.1 Å². The molecule has 6 nitrogen and oxygen atoms in total. The fourth-order valence-electron chi connectivity index (χ4n) is 2.52. The molecule has 0 aromatic heterocycles. The molecule has 0 heterocycles. The molecule has 0 bridgehead atoms. The summed E-state index contributed by atoms with van der Waals surface area (Å²) in [5.41, 5.74) is 0. The SMILES string of the molecule is CC(O)COC(C)COC(C)CO.CCCCCCCCCCCC(=O)OCC. The summed E-state index contributed by atoms with van der Waals surface area (Å²) < 4.78 is 15.3. The third-order valence-electron chi connectivity index (χ3n) is 4.28. The number of unbranched alkanes of at least 4 members (excludes halogenated alkanes) is 8. The summed E-state index contributed by atoms with van der Waals surface area (Å²) in [6, 6.07) is 0. The highest BCUT2D eigenvalue weighted by atomic mass is 16.5. The second kappa shape index (κ2) is 23.6. The molecule has 2 N–H and O–H groups in total. The van der Waals surface area contributed by atoms with Crippen molar-refractivity contribution >= 4 is 5.97 Å². The Morgan fingerprint density at radius 2 is 1.31 bits per heavy atom. The minimum absolute atomic E-state index is 0.0170. The first-order valence-corrected chi connectivity index (χ1v) is 11.5. The molecule has 3 unspecified atom stereocenters. The first-order chi connectivity index (χ1) is 13.9. The van der Waals surface area contributed by atoms with E-state index in [1.807, 2.05) is 13.8 Å². The van der Waals surface area contributed by atoms with E-state index in [4.69, 9.17) is 24.4 Å². The zero-order chi connectivity index (χ0) is 22.3. The quantitative estimate of drug-likeness (QED) is 0.248. The topological polar surface area (TPSA) is 85.2 Å². The summed E-state index contributed by atoms with van der Waals surface area (Å²) >= 11 is 0. The van der Waals surface area contributed by atoms with Crippen molar-refractivity contribution in [3.05, 3.63) is 0 Å². The van der Waals surface area contributed by atoms with Gasteiger partial charge in [-0.1, -0.05) is 58.3 Å². The molecule has 0 spiro atoms. The summed E-state index contributed by atoms with van der Waals surface area (Å²) in [4.78, 5) is 11.0. The van der Waals surface area contributed by atoms with Crippen LogP contribution in [0.4, 0.5) is 0 Å². The number of ether oxygens (including phenoxy) is 3. The number of esters is 1. The van der Waals surface area contributed by atoms with Gasteiger partial charge in [-0.3, -0.25) is 4.79 Å². The summed E-state index contributed by atoms with van der Waals surface area (Å²) in [7, 11) is 0. The Bertz CT molecular complexity index is 335. The highest BCUT2D eigenvalue weighted by molar-refractivity contribution is 5.69. The van der Waals surface area contributed by atoms with Crippen molar-refractivity contribution in [2.45, 2.75) is 117 Å². The molecule has 0 radical (unpaired) electrons. The van der Waals surface area contributed by atoms with Crippen LogP contribution < -0.4 is 0 Å². The van der Waals surface area contributed by atoms with Gasteiger partial charge in [0.1, 0.15) is 0 Å². The van der Waals surface area contributed by atoms with Crippen LogP contribution in [-0.4, -0.2) is 60.9 Å². The fraction of sp³-hybridized carbons (Fsp3) is 0.957. The van der Waals surface area contributed by atoms with E-state index in [2.05, 4.69) is 6.92 Å². The predicted molar refractivity (Wildman–Crippen MR) is 118 cm³/mol. The Morgan fingerprint density at radius 3 is 1.79 bits per heavy atom. The van der Waals surface area contributed by atoms with Crippen LogP contribution in [0, 0.1) is 0 Å². The van der Waals surface area contributed by atoms with E-state index in [0.29, 0.717) is 26.2 Å². The Labute approximate surface area is 179 Å². The number of rotatable bonds is 18. The van der Waals surface area contributed by atoms with Crippen LogP contribution in [0.1, 0.15) is 98.8 Å². The summed E-state index contributed by atoms with van der Waals surface area (Å²) in [5, 5.41) is 17.6. The Balaban J connectivity index is 0. The minimum atomic E-state index is -0.447. The van der Waals surface area contributed by atoms with E-state index in [9.17, 15) is 4.79 Å². The molecule has 0 saturated heterocycles. The van der Waals surface area contributed by atoms with Gasteiger partial charge in [0.25, 0.3) is 0 Å². The lowest BCUT2D eigenvalue weighted by atomic mass is 10.1. The molecular formula is C23H48O6. The van der Waals surface area contributed by atoms with Crippen LogP contribution in [0.25, 0.3) is 0 Å².